The highest BCUT2D eigenvalue weighted by atomic mass is 16.6. The summed E-state index contributed by atoms with van der Waals surface area (Å²) in [4.78, 5) is 0. The van der Waals surface area contributed by atoms with E-state index >= 15 is 0 Å². The summed E-state index contributed by atoms with van der Waals surface area (Å²) >= 11 is 0. The standard InChI is InChI=1S/C20H14O/c1-2-4-14-11(3-1)9-12-5-6-13-10-17-20(21-17)16-8-7-15(14)18(12)19(13)16/h1-4,6-9,17,20H,5,10H2. The lowest BCUT2D eigenvalue weighted by molar-refractivity contribution is 0.379. The SMILES string of the molecule is C1=C2CC3OC3c3ccc4c(c(cc5ccccc54)C1)c32. The molecule has 0 spiro atoms. The largest absolute Gasteiger partial charge is 0.364 e. The van der Waals surface area contributed by atoms with E-state index in [0.717, 1.165) is 12.8 Å². The second-order valence-electron chi connectivity index (χ2n) is 6.44. The Morgan fingerprint density at radius 3 is 2.95 bits per heavy atom. The first-order chi connectivity index (χ1) is 10.4. The van der Waals surface area contributed by atoms with Crippen molar-refractivity contribution < 1.29 is 4.74 Å². The molecule has 3 aliphatic rings. The van der Waals surface area contributed by atoms with Crippen LogP contribution in [0.4, 0.5) is 0 Å². The van der Waals surface area contributed by atoms with E-state index in [1.165, 1.54) is 43.8 Å². The van der Waals surface area contributed by atoms with Crippen molar-refractivity contribution in [2.24, 2.45) is 0 Å². The first-order valence-electron chi connectivity index (χ1n) is 7.72. The first-order valence-corrected chi connectivity index (χ1v) is 7.72. The van der Waals surface area contributed by atoms with Crippen LogP contribution < -0.4 is 0 Å². The Bertz CT molecular complexity index is 980. The van der Waals surface area contributed by atoms with Gasteiger partial charge in [-0.25, -0.2) is 0 Å². The highest BCUT2D eigenvalue weighted by Crippen LogP contribution is 2.54. The zero-order valence-corrected chi connectivity index (χ0v) is 11.6. The lowest BCUT2D eigenvalue weighted by Gasteiger charge is -2.25. The summed E-state index contributed by atoms with van der Waals surface area (Å²) in [5.41, 5.74) is 5.89. The van der Waals surface area contributed by atoms with Crippen LogP contribution in [0.1, 0.15) is 29.2 Å². The fraction of sp³-hybridized carbons (Fsp3) is 0.200. The molecule has 1 aliphatic heterocycles. The van der Waals surface area contributed by atoms with Crippen LogP contribution in [0.5, 0.6) is 0 Å². The van der Waals surface area contributed by atoms with Gasteiger partial charge in [0.05, 0.1) is 6.10 Å². The van der Waals surface area contributed by atoms with Crippen LogP contribution in [-0.2, 0) is 11.2 Å². The van der Waals surface area contributed by atoms with Crippen LogP contribution in [-0.4, -0.2) is 6.10 Å². The van der Waals surface area contributed by atoms with Gasteiger partial charge in [0, 0.05) is 6.42 Å². The average Bonchev–Trinajstić information content (AvgIpc) is 3.31. The molecule has 0 amide bonds. The molecule has 0 saturated carbocycles. The van der Waals surface area contributed by atoms with Crippen LogP contribution in [0.2, 0.25) is 0 Å². The van der Waals surface area contributed by atoms with E-state index in [1.807, 2.05) is 0 Å². The molecule has 1 heteroatoms. The van der Waals surface area contributed by atoms with Gasteiger partial charge in [-0.3, -0.25) is 0 Å². The Labute approximate surface area is 122 Å². The minimum atomic E-state index is 0.360. The van der Waals surface area contributed by atoms with E-state index in [0.29, 0.717) is 12.2 Å². The maximum atomic E-state index is 5.86. The van der Waals surface area contributed by atoms with E-state index in [4.69, 9.17) is 4.74 Å². The molecule has 100 valence electrons. The summed E-state index contributed by atoms with van der Waals surface area (Å²) in [6.45, 7) is 0. The third-order valence-corrected chi connectivity index (χ3v) is 5.34. The van der Waals surface area contributed by atoms with Crippen molar-refractivity contribution >= 4 is 27.1 Å². The van der Waals surface area contributed by atoms with Crippen LogP contribution >= 0.6 is 0 Å². The maximum Gasteiger partial charge on any atom is 0.110 e. The van der Waals surface area contributed by atoms with Crippen molar-refractivity contribution in [2.45, 2.75) is 25.0 Å². The van der Waals surface area contributed by atoms with E-state index in [2.05, 4.69) is 48.5 Å². The predicted octanol–water partition coefficient (Wildman–Crippen LogP) is 4.78. The van der Waals surface area contributed by atoms with Crippen LogP contribution in [0, 0.1) is 0 Å². The van der Waals surface area contributed by atoms with Crippen molar-refractivity contribution in [3.63, 3.8) is 0 Å². The number of epoxide rings is 1. The van der Waals surface area contributed by atoms with Gasteiger partial charge < -0.3 is 4.74 Å². The van der Waals surface area contributed by atoms with Crippen molar-refractivity contribution in [3.05, 3.63) is 65.2 Å². The van der Waals surface area contributed by atoms with Crippen molar-refractivity contribution in [2.75, 3.05) is 0 Å². The minimum absolute atomic E-state index is 0.360. The number of rotatable bonds is 0. The second-order valence-corrected chi connectivity index (χ2v) is 6.44. The average molecular weight is 270 g/mol. The fourth-order valence-corrected chi connectivity index (χ4v) is 4.36. The Morgan fingerprint density at radius 2 is 1.95 bits per heavy atom. The quantitative estimate of drug-likeness (QED) is 0.423. The molecular formula is C20H14O. The van der Waals surface area contributed by atoms with Gasteiger partial charge in [0.2, 0.25) is 0 Å². The monoisotopic (exact) mass is 270 g/mol. The lowest BCUT2D eigenvalue weighted by atomic mass is 9.78. The van der Waals surface area contributed by atoms with Gasteiger partial charge in [-0.1, -0.05) is 48.5 Å². The fourth-order valence-electron chi connectivity index (χ4n) is 4.36. The molecule has 0 radical (unpaired) electrons. The smallest absolute Gasteiger partial charge is 0.110 e. The number of fused-ring (bicyclic) bond motifs is 4. The summed E-state index contributed by atoms with van der Waals surface area (Å²) in [7, 11) is 0. The van der Waals surface area contributed by atoms with Gasteiger partial charge in [0.15, 0.2) is 0 Å². The first kappa shape index (κ1) is 10.6. The van der Waals surface area contributed by atoms with Gasteiger partial charge in [0.25, 0.3) is 0 Å². The predicted molar refractivity (Wildman–Crippen MR) is 85.4 cm³/mol. The molecule has 1 heterocycles. The Morgan fingerprint density at radius 1 is 1.00 bits per heavy atom. The second kappa shape index (κ2) is 3.37. The molecule has 3 aromatic rings. The number of hydrogen-bond acceptors (Lipinski definition) is 1. The molecule has 1 fully saturated rings. The molecular weight excluding hydrogens is 256 g/mol. The lowest BCUT2D eigenvalue weighted by Crippen LogP contribution is -2.09. The van der Waals surface area contributed by atoms with Crippen LogP contribution in [0.15, 0.2) is 48.5 Å². The molecule has 0 N–H and O–H groups in total. The number of benzene rings is 3. The van der Waals surface area contributed by atoms with Crippen molar-refractivity contribution in [1.82, 2.24) is 0 Å². The summed E-state index contributed by atoms with van der Waals surface area (Å²) < 4.78 is 5.86. The molecule has 2 aliphatic carbocycles. The Kier molecular flexibility index (Phi) is 1.70. The third-order valence-electron chi connectivity index (χ3n) is 5.34. The highest BCUT2D eigenvalue weighted by Gasteiger charge is 2.46. The molecule has 0 bridgehead atoms. The normalized spacial score (nSPS) is 24.9. The van der Waals surface area contributed by atoms with E-state index < -0.39 is 0 Å². The number of ether oxygens (including phenoxy) is 1. The minimum Gasteiger partial charge on any atom is -0.364 e. The van der Waals surface area contributed by atoms with Gasteiger partial charge in [0.1, 0.15) is 6.10 Å². The van der Waals surface area contributed by atoms with Gasteiger partial charge >= 0.3 is 0 Å². The topological polar surface area (TPSA) is 12.5 Å². The molecule has 3 aromatic carbocycles. The van der Waals surface area contributed by atoms with Crippen molar-refractivity contribution in [1.29, 1.82) is 0 Å². The van der Waals surface area contributed by atoms with Crippen LogP contribution in [0.3, 0.4) is 0 Å². The molecule has 2 atom stereocenters. The number of hydrogen-bond donors (Lipinski definition) is 0. The summed E-state index contributed by atoms with van der Waals surface area (Å²) in [6, 6.07) is 15.7. The van der Waals surface area contributed by atoms with E-state index in [-0.39, 0.29) is 0 Å². The Hall–Kier alpha value is -2.12. The highest BCUT2D eigenvalue weighted by molar-refractivity contribution is 6.13. The maximum absolute atomic E-state index is 5.86. The molecule has 1 nitrogen and oxygen atoms in total. The summed E-state index contributed by atoms with van der Waals surface area (Å²) in [5, 5.41) is 5.62. The molecule has 2 unspecified atom stereocenters. The van der Waals surface area contributed by atoms with E-state index in [1.54, 1.807) is 0 Å². The van der Waals surface area contributed by atoms with Crippen molar-refractivity contribution in [3.8, 4) is 0 Å². The number of allylic oxidation sites excluding steroid dienone is 1. The van der Waals surface area contributed by atoms with E-state index in [9.17, 15) is 0 Å². The molecule has 6 rings (SSSR count). The summed E-state index contributed by atoms with van der Waals surface area (Å²) in [6.07, 6.45) is 5.39. The zero-order chi connectivity index (χ0) is 13.6. The molecule has 1 saturated heterocycles. The van der Waals surface area contributed by atoms with Gasteiger partial charge in [-0.2, -0.15) is 0 Å². The van der Waals surface area contributed by atoms with Crippen LogP contribution in [0.25, 0.3) is 27.1 Å². The van der Waals surface area contributed by atoms with Gasteiger partial charge in [-0.15, -0.1) is 0 Å². The molecule has 0 aromatic heterocycles. The zero-order valence-electron chi connectivity index (χ0n) is 11.6. The summed E-state index contributed by atoms with van der Waals surface area (Å²) in [5.74, 6) is 0. The molecule has 21 heavy (non-hydrogen) atoms. The third kappa shape index (κ3) is 1.22. The van der Waals surface area contributed by atoms with Gasteiger partial charge in [-0.05, 0) is 50.2 Å². The Balaban J connectivity index is 1.86.